The molecular formula is C32H68N3+. The summed E-state index contributed by atoms with van der Waals surface area (Å²) in [5.41, 5.74) is 12.8. The number of quaternary nitrogens is 1. The van der Waals surface area contributed by atoms with Gasteiger partial charge < -0.3 is 16.0 Å². The molecule has 1 aliphatic heterocycles. The Hall–Kier alpha value is -0.120. The second kappa shape index (κ2) is 23.0. The molecule has 4 N–H and O–H groups in total. The van der Waals surface area contributed by atoms with Crippen molar-refractivity contribution in [3.05, 3.63) is 0 Å². The molecule has 0 spiro atoms. The first-order valence-corrected chi connectivity index (χ1v) is 16.5. The summed E-state index contributed by atoms with van der Waals surface area (Å²) in [7, 11) is 0. The Bertz CT molecular complexity index is 399. The van der Waals surface area contributed by atoms with Gasteiger partial charge in [-0.3, -0.25) is 0 Å². The van der Waals surface area contributed by atoms with Gasteiger partial charge in [0.25, 0.3) is 0 Å². The van der Waals surface area contributed by atoms with Crippen molar-refractivity contribution in [1.82, 2.24) is 0 Å². The van der Waals surface area contributed by atoms with Crippen LogP contribution in [0.15, 0.2) is 0 Å². The summed E-state index contributed by atoms with van der Waals surface area (Å²) in [5, 5.41) is 0. The Kier molecular flexibility index (Phi) is 21.7. The molecule has 3 nitrogen and oxygen atoms in total. The molecule has 0 bridgehead atoms. The van der Waals surface area contributed by atoms with Crippen molar-refractivity contribution in [2.24, 2.45) is 11.5 Å². The molecule has 3 heteroatoms. The van der Waals surface area contributed by atoms with E-state index >= 15 is 0 Å². The Balaban J connectivity index is 2.05. The molecule has 1 aliphatic rings. The van der Waals surface area contributed by atoms with Crippen LogP contribution in [-0.2, 0) is 0 Å². The summed E-state index contributed by atoms with van der Waals surface area (Å²) in [6.45, 7) is 9.48. The van der Waals surface area contributed by atoms with Crippen LogP contribution in [0.5, 0.6) is 0 Å². The number of nitrogens with two attached hydrogens (primary N) is 2. The molecule has 0 aromatic carbocycles. The van der Waals surface area contributed by atoms with E-state index < -0.39 is 0 Å². The monoisotopic (exact) mass is 495 g/mol. The largest absolute Gasteiger partial charge is 0.322 e. The molecule has 1 rings (SSSR count). The van der Waals surface area contributed by atoms with Gasteiger partial charge in [0.05, 0.1) is 38.3 Å². The van der Waals surface area contributed by atoms with Gasteiger partial charge in [0.1, 0.15) is 0 Å². The molecular weight excluding hydrogens is 426 g/mol. The normalized spacial score (nSPS) is 19.5. The molecule has 1 heterocycles. The van der Waals surface area contributed by atoms with Crippen LogP contribution in [0.1, 0.15) is 168 Å². The predicted molar refractivity (Wildman–Crippen MR) is 158 cm³/mol. The topological polar surface area (TPSA) is 52.0 Å². The van der Waals surface area contributed by atoms with Crippen LogP contribution in [0, 0.1) is 0 Å². The molecule has 1 saturated heterocycles. The standard InChI is InChI=1S/C32H68N3/c1-3-5-7-9-11-13-15-17-19-21-23-25-27-35(29-31(33)32(34)30-35)28-26-24-22-20-18-16-14-12-10-8-6-4-2/h31-32H,3-30,33-34H2,1-2H3/q+1/t31-,32-/m0/s1. The third kappa shape index (κ3) is 17.9. The van der Waals surface area contributed by atoms with Crippen molar-refractivity contribution < 1.29 is 4.48 Å². The number of nitrogens with zero attached hydrogens (tertiary/aromatic N) is 1. The zero-order valence-corrected chi connectivity index (χ0v) is 24.6. The van der Waals surface area contributed by atoms with E-state index in [4.69, 9.17) is 11.5 Å². The number of unbranched alkanes of at least 4 members (excludes halogenated alkanes) is 22. The highest BCUT2D eigenvalue weighted by Gasteiger charge is 2.40. The van der Waals surface area contributed by atoms with E-state index in [0.717, 1.165) is 13.1 Å². The van der Waals surface area contributed by atoms with Crippen LogP contribution in [-0.4, -0.2) is 42.7 Å². The SMILES string of the molecule is CCCCCCCCCCCCCC[N+]1(CCCCCCCCCCCCCC)C[C@H](N)[C@@H](N)C1. The summed E-state index contributed by atoms with van der Waals surface area (Å²) in [5.74, 6) is 0. The molecule has 1 fully saturated rings. The Morgan fingerprint density at radius 1 is 0.400 bits per heavy atom. The van der Waals surface area contributed by atoms with Crippen LogP contribution >= 0.6 is 0 Å². The summed E-state index contributed by atoms with van der Waals surface area (Å²) in [6, 6.07) is 0.425. The lowest BCUT2D eigenvalue weighted by Gasteiger charge is -2.35. The predicted octanol–water partition coefficient (Wildman–Crippen LogP) is 8.87. The van der Waals surface area contributed by atoms with E-state index in [1.807, 2.05) is 0 Å². The fourth-order valence-corrected chi connectivity index (χ4v) is 6.29. The summed E-state index contributed by atoms with van der Waals surface area (Å²) >= 11 is 0. The number of rotatable bonds is 26. The first-order valence-electron chi connectivity index (χ1n) is 16.5. The van der Waals surface area contributed by atoms with Crippen LogP contribution in [0.2, 0.25) is 0 Å². The van der Waals surface area contributed by atoms with Crippen LogP contribution in [0.4, 0.5) is 0 Å². The van der Waals surface area contributed by atoms with Gasteiger partial charge in [-0.1, -0.05) is 142 Å². The molecule has 2 atom stereocenters. The molecule has 0 aromatic heterocycles. The molecule has 0 unspecified atom stereocenters. The lowest BCUT2D eigenvalue weighted by molar-refractivity contribution is -0.917. The third-order valence-corrected chi connectivity index (χ3v) is 8.72. The highest BCUT2D eigenvalue weighted by atomic mass is 15.4. The van der Waals surface area contributed by atoms with E-state index in [-0.39, 0.29) is 12.1 Å². The lowest BCUT2D eigenvalue weighted by atomic mass is 10.0. The fourth-order valence-electron chi connectivity index (χ4n) is 6.29. The number of likely N-dealkylation sites (tertiary alicyclic amines) is 1. The fraction of sp³-hybridized carbons (Fsp3) is 1.00. The van der Waals surface area contributed by atoms with Crippen molar-refractivity contribution in [2.45, 2.75) is 180 Å². The van der Waals surface area contributed by atoms with Gasteiger partial charge in [-0.2, -0.15) is 0 Å². The van der Waals surface area contributed by atoms with E-state index in [2.05, 4.69) is 13.8 Å². The highest BCUT2D eigenvalue weighted by molar-refractivity contribution is 4.82. The zero-order valence-electron chi connectivity index (χ0n) is 24.6. The second-order valence-corrected chi connectivity index (χ2v) is 12.3. The average Bonchev–Trinajstić information content (AvgIpc) is 3.13. The summed E-state index contributed by atoms with van der Waals surface area (Å²) in [4.78, 5) is 0. The minimum atomic E-state index is 0.213. The van der Waals surface area contributed by atoms with E-state index in [1.165, 1.54) is 172 Å². The van der Waals surface area contributed by atoms with Crippen LogP contribution in [0.25, 0.3) is 0 Å². The molecule has 0 aliphatic carbocycles. The van der Waals surface area contributed by atoms with Crippen molar-refractivity contribution in [3.8, 4) is 0 Å². The summed E-state index contributed by atoms with van der Waals surface area (Å²) < 4.78 is 1.22. The van der Waals surface area contributed by atoms with E-state index in [9.17, 15) is 0 Å². The maximum Gasteiger partial charge on any atom is 0.0958 e. The third-order valence-electron chi connectivity index (χ3n) is 8.72. The lowest BCUT2D eigenvalue weighted by Crippen LogP contribution is -2.49. The number of hydrogen-bond donors (Lipinski definition) is 2. The van der Waals surface area contributed by atoms with Crippen LogP contribution in [0.3, 0.4) is 0 Å². The smallest absolute Gasteiger partial charge is 0.0958 e. The quantitative estimate of drug-likeness (QED) is 0.0931. The van der Waals surface area contributed by atoms with Gasteiger partial charge in [0.15, 0.2) is 0 Å². The van der Waals surface area contributed by atoms with Gasteiger partial charge >= 0.3 is 0 Å². The van der Waals surface area contributed by atoms with Crippen molar-refractivity contribution >= 4 is 0 Å². The molecule has 0 saturated carbocycles. The first kappa shape index (κ1) is 32.9. The van der Waals surface area contributed by atoms with Gasteiger partial charge in [0, 0.05) is 0 Å². The molecule has 210 valence electrons. The zero-order chi connectivity index (χ0) is 25.5. The van der Waals surface area contributed by atoms with Gasteiger partial charge in [-0.15, -0.1) is 0 Å². The Labute approximate surface area is 222 Å². The highest BCUT2D eigenvalue weighted by Crippen LogP contribution is 2.23. The molecule has 35 heavy (non-hydrogen) atoms. The minimum Gasteiger partial charge on any atom is -0.322 e. The van der Waals surface area contributed by atoms with Gasteiger partial charge in [-0.05, 0) is 25.7 Å². The van der Waals surface area contributed by atoms with Crippen molar-refractivity contribution in [1.29, 1.82) is 0 Å². The van der Waals surface area contributed by atoms with Gasteiger partial charge in [0.2, 0.25) is 0 Å². The maximum absolute atomic E-state index is 6.39. The van der Waals surface area contributed by atoms with E-state index in [0.29, 0.717) is 0 Å². The molecule has 0 radical (unpaired) electrons. The summed E-state index contributed by atoms with van der Waals surface area (Å²) in [6.07, 6.45) is 34.3. The minimum absolute atomic E-state index is 0.213. The Morgan fingerprint density at radius 3 is 0.886 bits per heavy atom. The Morgan fingerprint density at radius 2 is 0.629 bits per heavy atom. The van der Waals surface area contributed by atoms with Crippen LogP contribution < -0.4 is 11.5 Å². The molecule has 0 amide bonds. The average molecular weight is 495 g/mol. The maximum atomic E-state index is 6.39. The van der Waals surface area contributed by atoms with Crippen molar-refractivity contribution in [2.75, 3.05) is 26.2 Å². The second-order valence-electron chi connectivity index (χ2n) is 12.3. The number of hydrogen-bond acceptors (Lipinski definition) is 2. The van der Waals surface area contributed by atoms with Gasteiger partial charge in [-0.25, -0.2) is 0 Å². The molecule has 0 aromatic rings. The van der Waals surface area contributed by atoms with E-state index in [1.54, 1.807) is 0 Å². The first-order chi connectivity index (χ1) is 17.1. The van der Waals surface area contributed by atoms with Crippen molar-refractivity contribution in [3.63, 3.8) is 0 Å².